The Bertz CT molecular complexity index is 574. The number of carbonyl (C=O) groups is 2. The minimum absolute atomic E-state index is 0.0119. The molecule has 0 bridgehead atoms. The van der Waals surface area contributed by atoms with Gasteiger partial charge < -0.3 is 9.47 Å². The molecule has 0 aliphatic heterocycles. The standard InChI is InChI=1S/C15H17ClO6/c1-15(2,3)20-14(18)11-9-10(16)5-6-12(11)21-22-13(17)7-8-19-4/h5-9H,1-4H3. The Morgan fingerprint density at radius 3 is 2.50 bits per heavy atom. The molecule has 0 aromatic heterocycles. The summed E-state index contributed by atoms with van der Waals surface area (Å²) < 4.78 is 9.81. The Labute approximate surface area is 133 Å². The lowest BCUT2D eigenvalue weighted by molar-refractivity contribution is -0.207. The van der Waals surface area contributed by atoms with E-state index < -0.39 is 17.5 Å². The lowest BCUT2D eigenvalue weighted by Gasteiger charge is -2.20. The summed E-state index contributed by atoms with van der Waals surface area (Å²) in [5, 5.41) is 0.318. The molecule has 1 aromatic rings. The monoisotopic (exact) mass is 328 g/mol. The van der Waals surface area contributed by atoms with Crippen LogP contribution in [0.2, 0.25) is 5.02 Å². The van der Waals surface area contributed by atoms with Gasteiger partial charge in [0.2, 0.25) is 0 Å². The minimum Gasteiger partial charge on any atom is -0.504 e. The average molecular weight is 329 g/mol. The van der Waals surface area contributed by atoms with Gasteiger partial charge in [-0.15, -0.1) is 0 Å². The fraction of sp³-hybridized carbons (Fsp3) is 0.333. The molecule has 0 spiro atoms. The van der Waals surface area contributed by atoms with E-state index in [1.165, 1.54) is 25.3 Å². The molecule has 0 saturated carbocycles. The molecule has 6 nitrogen and oxygen atoms in total. The number of carbonyl (C=O) groups excluding carboxylic acids is 2. The molecule has 0 N–H and O–H groups in total. The maximum atomic E-state index is 12.1. The zero-order chi connectivity index (χ0) is 16.8. The summed E-state index contributed by atoms with van der Waals surface area (Å²) >= 11 is 5.86. The van der Waals surface area contributed by atoms with E-state index in [0.29, 0.717) is 5.02 Å². The predicted octanol–water partition coefficient (Wildman–Crippen LogP) is 3.29. The van der Waals surface area contributed by atoms with Gasteiger partial charge in [-0.2, -0.15) is 0 Å². The first-order valence-corrected chi connectivity index (χ1v) is 6.71. The molecule has 0 unspecified atom stereocenters. The topological polar surface area (TPSA) is 71.1 Å². The van der Waals surface area contributed by atoms with Crippen LogP contribution >= 0.6 is 11.6 Å². The van der Waals surface area contributed by atoms with E-state index in [0.717, 1.165) is 12.3 Å². The zero-order valence-electron chi connectivity index (χ0n) is 12.7. The van der Waals surface area contributed by atoms with Crippen LogP contribution in [-0.2, 0) is 19.2 Å². The van der Waals surface area contributed by atoms with Gasteiger partial charge in [-0.3, -0.25) is 4.89 Å². The number of benzene rings is 1. The van der Waals surface area contributed by atoms with Crippen molar-refractivity contribution in [3.8, 4) is 5.75 Å². The molecular formula is C15H17ClO6. The van der Waals surface area contributed by atoms with E-state index in [2.05, 4.69) is 9.62 Å². The van der Waals surface area contributed by atoms with Gasteiger partial charge in [0, 0.05) is 5.02 Å². The van der Waals surface area contributed by atoms with Crippen LogP contribution in [0.15, 0.2) is 30.5 Å². The predicted molar refractivity (Wildman–Crippen MR) is 79.5 cm³/mol. The van der Waals surface area contributed by atoms with Gasteiger partial charge >= 0.3 is 11.9 Å². The van der Waals surface area contributed by atoms with Crippen molar-refractivity contribution in [3.63, 3.8) is 0 Å². The molecule has 22 heavy (non-hydrogen) atoms. The van der Waals surface area contributed by atoms with Crippen molar-refractivity contribution in [1.82, 2.24) is 0 Å². The Kier molecular flexibility index (Phi) is 6.24. The summed E-state index contributed by atoms with van der Waals surface area (Å²) in [5.74, 6) is -1.43. The second-order valence-corrected chi connectivity index (χ2v) is 5.60. The zero-order valence-corrected chi connectivity index (χ0v) is 13.5. The number of halogens is 1. The number of methoxy groups -OCH3 is 1. The van der Waals surface area contributed by atoms with Gasteiger partial charge in [0.1, 0.15) is 11.2 Å². The molecule has 1 rings (SSSR count). The maximum absolute atomic E-state index is 12.1. The summed E-state index contributed by atoms with van der Waals surface area (Å²) in [4.78, 5) is 32.8. The Morgan fingerprint density at radius 2 is 1.91 bits per heavy atom. The van der Waals surface area contributed by atoms with Crippen LogP contribution in [-0.4, -0.2) is 24.6 Å². The van der Waals surface area contributed by atoms with Crippen molar-refractivity contribution in [2.45, 2.75) is 26.4 Å². The summed E-state index contributed by atoms with van der Waals surface area (Å²) in [6, 6.07) is 4.25. The highest BCUT2D eigenvalue weighted by atomic mass is 35.5. The van der Waals surface area contributed by atoms with Gasteiger partial charge in [-0.05, 0) is 39.0 Å². The van der Waals surface area contributed by atoms with Gasteiger partial charge in [-0.25, -0.2) is 14.5 Å². The molecule has 0 atom stereocenters. The molecule has 0 radical (unpaired) electrons. The number of hydrogen-bond acceptors (Lipinski definition) is 6. The number of esters is 1. The van der Waals surface area contributed by atoms with Gasteiger partial charge in [0.05, 0.1) is 19.4 Å². The van der Waals surface area contributed by atoms with Crippen LogP contribution in [0.4, 0.5) is 0 Å². The third-order valence-electron chi connectivity index (χ3n) is 2.11. The third kappa shape index (κ3) is 6.05. The fourth-order valence-corrected chi connectivity index (χ4v) is 1.48. The maximum Gasteiger partial charge on any atom is 0.382 e. The van der Waals surface area contributed by atoms with Crippen LogP contribution in [0.25, 0.3) is 0 Å². The molecule has 1 aromatic carbocycles. The van der Waals surface area contributed by atoms with E-state index >= 15 is 0 Å². The summed E-state index contributed by atoms with van der Waals surface area (Å²) in [6.45, 7) is 5.18. The van der Waals surface area contributed by atoms with Gasteiger partial charge in [0.25, 0.3) is 0 Å². The highest BCUT2D eigenvalue weighted by molar-refractivity contribution is 6.31. The molecular weight excluding hydrogens is 312 g/mol. The van der Waals surface area contributed by atoms with Crippen LogP contribution < -0.4 is 4.89 Å². The highest BCUT2D eigenvalue weighted by Gasteiger charge is 2.22. The summed E-state index contributed by atoms with van der Waals surface area (Å²) in [7, 11) is 1.38. The van der Waals surface area contributed by atoms with Crippen LogP contribution in [0.3, 0.4) is 0 Å². The Morgan fingerprint density at radius 1 is 1.23 bits per heavy atom. The lowest BCUT2D eigenvalue weighted by atomic mass is 10.1. The molecule has 0 fully saturated rings. The average Bonchev–Trinajstić information content (AvgIpc) is 2.41. The van der Waals surface area contributed by atoms with E-state index in [1.807, 2.05) is 0 Å². The summed E-state index contributed by atoms with van der Waals surface area (Å²) in [5.41, 5.74) is -0.639. The molecule has 120 valence electrons. The van der Waals surface area contributed by atoms with Crippen LogP contribution in [0.5, 0.6) is 5.75 Å². The largest absolute Gasteiger partial charge is 0.504 e. The first-order chi connectivity index (χ1) is 10.2. The van der Waals surface area contributed by atoms with Crippen molar-refractivity contribution in [2.24, 2.45) is 0 Å². The number of ether oxygens (including phenoxy) is 2. The quantitative estimate of drug-likeness (QED) is 0.271. The Balaban J connectivity index is 2.89. The van der Waals surface area contributed by atoms with E-state index in [4.69, 9.17) is 21.2 Å². The first-order valence-electron chi connectivity index (χ1n) is 6.33. The van der Waals surface area contributed by atoms with Gasteiger partial charge in [0.15, 0.2) is 5.75 Å². The van der Waals surface area contributed by atoms with Crippen molar-refractivity contribution >= 4 is 23.5 Å². The van der Waals surface area contributed by atoms with Crippen molar-refractivity contribution in [3.05, 3.63) is 41.1 Å². The number of rotatable bonds is 5. The minimum atomic E-state index is -0.799. The lowest BCUT2D eigenvalue weighted by Crippen LogP contribution is -2.24. The third-order valence-corrected chi connectivity index (χ3v) is 2.35. The second kappa shape index (κ2) is 7.70. The van der Waals surface area contributed by atoms with E-state index in [-0.39, 0.29) is 11.3 Å². The first kappa shape index (κ1) is 17.8. The SMILES string of the molecule is COC=CC(=O)OOc1ccc(Cl)cc1C(=O)OC(C)(C)C. The fourth-order valence-electron chi connectivity index (χ4n) is 1.30. The van der Waals surface area contributed by atoms with Crippen molar-refractivity contribution < 1.29 is 28.8 Å². The van der Waals surface area contributed by atoms with Gasteiger partial charge in [-0.1, -0.05) is 11.6 Å². The van der Waals surface area contributed by atoms with Crippen molar-refractivity contribution in [2.75, 3.05) is 7.11 Å². The molecule has 0 saturated heterocycles. The highest BCUT2D eigenvalue weighted by Crippen LogP contribution is 2.25. The number of hydrogen-bond donors (Lipinski definition) is 0. The summed E-state index contributed by atoms with van der Waals surface area (Å²) in [6.07, 6.45) is 2.14. The molecule has 7 heteroatoms. The van der Waals surface area contributed by atoms with E-state index in [1.54, 1.807) is 20.8 Å². The van der Waals surface area contributed by atoms with Crippen LogP contribution in [0.1, 0.15) is 31.1 Å². The second-order valence-electron chi connectivity index (χ2n) is 5.17. The van der Waals surface area contributed by atoms with E-state index in [9.17, 15) is 9.59 Å². The van der Waals surface area contributed by atoms with Crippen LogP contribution in [0, 0.1) is 0 Å². The normalized spacial score (nSPS) is 11.1. The molecule has 0 aliphatic rings. The smallest absolute Gasteiger partial charge is 0.382 e. The molecule has 0 aliphatic carbocycles. The molecule has 0 heterocycles. The van der Waals surface area contributed by atoms with Crippen molar-refractivity contribution in [1.29, 1.82) is 0 Å². The molecule has 0 amide bonds. The Hall–Kier alpha value is -2.21.